The van der Waals surface area contributed by atoms with Crippen LogP contribution in [0.15, 0.2) is 80.6 Å². The number of allylic oxidation sites excluding steroid dienone is 1. The third-order valence-corrected chi connectivity index (χ3v) is 9.18. The van der Waals surface area contributed by atoms with Crippen LogP contribution < -0.4 is 40.2 Å². The number of carbonyl (C=O) groups excluding carboxylic acids is 3. The molecule has 4 heterocycles. The number of β-lactam (4-membered cyclic amide) rings is 1. The van der Waals surface area contributed by atoms with Crippen LogP contribution in [0.2, 0.25) is 0 Å². The van der Waals surface area contributed by atoms with Crippen molar-refractivity contribution in [1.82, 2.24) is 20.5 Å². The minimum atomic E-state index is -1.28. The Morgan fingerprint density at radius 1 is 1.19 bits per heavy atom. The van der Waals surface area contributed by atoms with Crippen molar-refractivity contribution in [1.29, 1.82) is 0 Å². The molecule has 2 atom stereocenters. The van der Waals surface area contributed by atoms with Crippen molar-refractivity contribution in [2.24, 2.45) is 0 Å². The maximum Gasteiger partial charge on any atom is 1.00 e. The predicted octanol–water partition coefficient (Wildman–Crippen LogP) is -0.460. The first kappa shape index (κ1) is 30.2. The van der Waals surface area contributed by atoms with E-state index >= 15 is 0 Å². The Hall–Kier alpha value is -3.23. The standard InChI is InChI=1S/C28H24N4O7S2.Na.H/c33-15-7-5-14(6-8-15)11-17(16-9-10-29-24(16)35)18-12-40-26-22(25(36)32(26)23(18)27(37)38)31-21(34)13-41-28-30-19-3-1-2-4-20(19)39-28;;/h1-8,22,26,33H,9-13H2,(H,29,35)(H,31,34)(H,37,38);;/q;+1;-1/t22-,26-;;/m1../s1. The van der Waals surface area contributed by atoms with Crippen molar-refractivity contribution >= 4 is 58.3 Å². The number of carboxylic acid groups (broad SMARTS) is 1. The Labute approximate surface area is 272 Å². The molecular formula is C28H25N4NaO7S2. The van der Waals surface area contributed by atoms with Gasteiger partial charge in [-0.15, -0.1) is 11.8 Å². The second-order valence-corrected chi connectivity index (χ2v) is 11.7. The summed E-state index contributed by atoms with van der Waals surface area (Å²) in [7, 11) is 0. The summed E-state index contributed by atoms with van der Waals surface area (Å²) in [6, 6.07) is 12.8. The molecule has 0 spiro atoms. The Kier molecular flexibility index (Phi) is 9.04. The number of carboxylic acids is 1. The van der Waals surface area contributed by atoms with Gasteiger partial charge in [0.15, 0.2) is 5.58 Å². The van der Waals surface area contributed by atoms with Gasteiger partial charge in [0.2, 0.25) is 11.8 Å². The number of nitrogens with one attached hydrogen (secondary N) is 2. The molecule has 42 heavy (non-hydrogen) atoms. The molecule has 1 aromatic heterocycles. The fourth-order valence-corrected chi connectivity index (χ4v) is 7.16. The summed E-state index contributed by atoms with van der Waals surface area (Å²) in [4.78, 5) is 56.7. The van der Waals surface area contributed by atoms with Gasteiger partial charge in [0.25, 0.3) is 11.1 Å². The fourth-order valence-electron chi connectivity index (χ4n) is 5.13. The van der Waals surface area contributed by atoms with E-state index in [0.717, 1.165) is 17.3 Å². The van der Waals surface area contributed by atoms with E-state index in [1.165, 1.54) is 28.8 Å². The zero-order chi connectivity index (χ0) is 28.7. The average molecular weight is 617 g/mol. The SMILES string of the molecule is O=C(CSc1nc2ccccc2o1)N[C@@H]1C(=O)N2C(C(=O)O)=C(C(Cc3ccc(O)cc3)=C3CCNC3=O)CS[C@H]12.[H-].[Na+]. The number of aromatic nitrogens is 1. The molecule has 3 aromatic rings. The number of fused-ring (bicyclic) bond motifs is 2. The first-order valence-electron chi connectivity index (χ1n) is 12.8. The maximum atomic E-state index is 13.2. The molecule has 0 saturated carbocycles. The van der Waals surface area contributed by atoms with E-state index < -0.39 is 29.2 Å². The average Bonchev–Trinajstić information content (AvgIpc) is 3.59. The summed E-state index contributed by atoms with van der Waals surface area (Å²) >= 11 is 2.44. The van der Waals surface area contributed by atoms with Crippen LogP contribution in [0.4, 0.5) is 0 Å². The fraction of sp³-hybridized carbons (Fsp3) is 0.250. The van der Waals surface area contributed by atoms with Gasteiger partial charge < -0.3 is 26.7 Å². The molecule has 3 aliphatic heterocycles. The topological polar surface area (TPSA) is 162 Å². The van der Waals surface area contributed by atoms with Gasteiger partial charge in [0.05, 0.1) is 5.75 Å². The Bertz CT molecular complexity index is 1630. The largest absolute Gasteiger partial charge is 1.00 e. The van der Waals surface area contributed by atoms with Gasteiger partial charge in [-0.25, -0.2) is 9.78 Å². The number of hydrogen-bond acceptors (Lipinski definition) is 9. The normalized spacial score (nSPS) is 20.9. The third kappa shape index (κ3) is 5.84. The van der Waals surface area contributed by atoms with Crippen LogP contribution in [0.3, 0.4) is 0 Å². The molecule has 6 rings (SSSR count). The van der Waals surface area contributed by atoms with Crippen LogP contribution in [0.25, 0.3) is 11.1 Å². The van der Waals surface area contributed by atoms with E-state index in [-0.39, 0.29) is 66.3 Å². The van der Waals surface area contributed by atoms with E-state index in [2.05, 4.69) is 15.6 Å². The monoisotopic (exact) mass is 616 g/mol. The van der Waals surface area contributed by atoms with Gasteiger partial charge in [0.1, 0.15) is 28.4 Å². The number of oxazole rings is 1. The van der Waals surface area contributed by atoms with Crippen LogP contribution in [0.1, 0.15) is 13.4 Å². The first-order valence-corrected chi connectivity index (χ1v) is 14.8. The Morgan fingerprint density at radius 2 is 1.95 bits per heavy atom. The van der Waals surface area contributed by atoms with Crippen molar-refractivity contribution in [2.45, 2.75) is 29.5 Å². The van der Waals surface area contributed by atoms with Crippen molar-refractivity contribution in [3.63, 3.8) is 0 Å². The van der Waals surface area contributed by atoms with Crippen LogP contribution in [-0.4, -0.2) is 73.3 Å². The third-order valence-electron chi connectivity index (χ3n) is 7.07. The number of amides is 3. The molecule has 3 aliphatic rings. The van der Waals surface area contributed by atoms with Crippen molar-refractivity contribution < 1.29 is 64.8 Å². The minimum absolute atomic E-state index is 0. The molecule has 2 aromatic carbocycles. The van der Waals surface area contributed by atoms with E-state index in [4.69, 9.17) is 4.42 Å². The molecule has 212 valence electrons. The van der Waals surface area contributed by atoms with Gasteiger partial charge >= 0.3 is 35.5 Å². The molecule has 0 unspecified atom stereocenters. The van der Waals surface area contributed by atoms with Gasteiger partial charge in [0, 0.05) is 17.9 Å². The smallest absolute Gasteiger partial charge is 1.00 e. The van der Waals surface area contributed by atoms with Crippen LogP contribution >= 0.6 is 23.5 Å². The number of thioether (sulfide) groups is 2. The number of aliphatic carboxylic acids is 1. The number of hydrogen-bond donors (Lipinski definition) is 4. The van der Waals surface area contributed by atoms with Crippen molar-refractivity contribution in [2.75, 3.05) is 18.1 Å². The number of benzene rings is 2. The molecule has 0 aliphatic carbocycles. The number of phenolic OH excluding ortho intramolecular Hbond substituents is 1. The summed E-state index contributed by atoms with van der Waals surface area (Å²) in [5.74, 6) is -2.17. The minimum Gasteiger partial charge on any atom is -1.00 e. The molecule has 0 radical (unpaired) electrons. The number of carbonyl (C=O) groups is 4. The van der Waals surface area contributed by atoms with Gasteiger partial charge in [-0.3, -0.25) is 19.3 Å². The molecule has 14 heteroatoms. The summed E-state index contributed by atoms with van der Waals surface area (Å²) in [5.41, 5.74) is 3.35. The predicted molar refractivity (Wildman–Crippen MR) is 152 cm³/mol. The van der Waals surface area contributed by atoms with Gasteiger partial charge in [-0.1, -0.05) is 36.0 Å². The van der Waals surface area contributed by atoms with Crippen LogP contribution in [-0.2, 0) is 25.6 Å². The zero-order valence-electron chi connectivity index (χ0n) is 23.5. The Balaban J connectivity index is 0.00000212. The second kappa shape index (κ2) is 12.6. The van der Waals surface area contributed by atoms with E-state index in [9.17, 15) is 29.4 Å². The number of rotatable bonds is 8. The van der Waals surface area contributed by atoms with Gasteiger partial charge in [-0.05, 0) is 53.8 Å². The van der Waals surface area contributed by atoms with E-state index in [0.29, 0.717) is 46.0 Å². The van der Waals surface area contributed by atoms with E-state index in [1.54, 1.807) is 24.3 Å². The molecule has 4 N–H and O–H groups in total. The summed E-state index contributed by atoms with van der Waals surface area (Å²) in [5, 5.41) is 25.1. The Morgan fingerprint density at radius 3 is 2.64 bits per heavy atom. The van der Waals surface area contributed by atoms with Crippen molar-refractivity contribution in [3.8, 4) is 5.75 Å². The van der Waals surface area contributed by atoms with E-state index in [1.807, 2.05) is 12.1 Å². The molecular weight excluding hydrogens is 591 g/mol. The number of phenols is 1. The zero-order valence-corrected chi connectivity index (χ0v) is 26.1. The maximum absolute atomic E-state index is 13.2. The number of para-hydroxylation sites is 2. The second-order valence-electron chi connectivity index (χ2n) is 9.63. The molecule has 11 nitrogen and oxygen atoms in total. The van der Waals surface area contributed by atoms with Crippen molar-refractivity contribution in [3.05, 3.63) is 76.5 Å². The van der Waals surface area contributed by atoms with Crippen LogP contribution in [0.5, 0.6) is 5.75 Å². The summed E-state index contributed by atoms with van der Waals surface area (Å²) in [6.07, 6.45) is 0.691. The quantitative estimate of drug-likeness (QED) is 0.113. The molecule has 2 fully saturated rings. The molecule has 2 saturated heterocycles. The molecule has 0 bridgehead atoms. The number of nitrogens with zero attached hydrogens (tertiary/aromatic N) is 2. The summed E-state index contributed by atoms with van der Waals surface area (Å²) < 4.78 is 5.62. The molecule has 3 amide bonds. The van der Waals surface area contributed by atoms with Gasteiger partial charge in [-0.2, -0.15) is 0 Å². The first-order chi connectivity index (χ1) is 19.8. The summed E-state index contributed by atoms with van der Waals surface area (Å²) in [6.45, 7) is 0.441. The van der Waals surface area contributed by atoms with Crippen LogP contribution in [0, 0.1) is 0 Å². The number of aromatic hydroxyl groups is 1.